The average molecular weight is 164 g/mol. The van der Waals surface area contributed by atoms with Crippen LogP contribution in [0.4, 0.5) is 0 Å². The Morgan fingerprint density at radius 2 is 2.40 bits per heavy atom. The quantitative estimate of drug-likeness (QED) is 0.624. The molecule has 2 atom stereocenters. The average Bonchev–Trinajstić information content (AvgIpc) is 1.95. The molecular formula is C7H14ClNO. The molecular weight excluding hydrogens is 150 g/mol. The molecule has 2 nitrogen and oxygen atoms in total. The fourth-order valence-corrected chi connectivity index (χ4v) is 1.36. The van der Waals surface area contributed by atoms with Crippen LogP contribution >= 0.6 is 11.8 Å². The van der Waals surface area contributed by atoms with Crippen LogP contribution in [-0.4, -0.2) is 19.3 Å². The molecule has 0 bridgehead atoms. The van der Waals surface area contributed by atoms with E-state index in [0.29, 0.717) is 6.10 Å². The molecule has 0 unspecified atom stereocenters. The molecule has 0 saturated carbocycles. The van der Waals surface area contributed by atoms with Gasteiger partial charge in [0.15, 0.2) is 0 Å². The Kier molecular flexibility index (Phi) is 3.46. The van der Waals surface area contributed by atoms with Crippen LogP contribution in [0.25, 0.3) is 0 Å². The van der Waals surface area contributed by atoms with E-state index in [1.165, 1.54) is 6.42 Å². The topological polar surface area (TPSA) is 21.3 Å². The summed E-state index contributed by atoms with van der Waals surface area (Å²) in [5, 5.41) is 0. The van der Waals surface area contributed by atoms with E-state index in [0.717, 1.165) is 25.5 Å². The first-order valence-electron chi connectivity index (χ1n) is 3.78. The molecule has 1 aliphatic rings. The summed E-state index contributed by atoms with van der Waals surface area (Å²) in [4.78, 5) is 2.60. The molecule has 0 radical (unpaired) electrons. The predicted molar refractivity (Wildman–Crippen MR) is 42.0 cm³/mol. The molecule has 1 rings (SSSR count). The predicted octanol–water partition coefficient (Wildman–Crippen LogP) is 1.54. The number of ether oxygens (including phenoxy) is 1. The van der Waals surface area contributed by atoms with E-state index in [9.17, 15) is 0 Å². The molecule has 0 aromatic carbocycles. The first-order valence-corrected chi connectivity index (χ1v) is 4.16. The molecule has 1 fully saturated rings. The van der Waals surface area contributed by atoms with Crippen LogP contribution in [0.3, 0.4) is 0 Å². The number of hydrogen-bond acceptors (Lipinski definition) is 2. The minimum Gasteiger partial charge on any atom is -0.377 e. The molecule has 0 amide bonds. The third-order valence-electron chi connectivity index (χ3n) is 1.90. The summed E-state index contributed by atoms with van der Waals surface area (Å²) in [5.74, 6) is 0.728. The Bertz CT molecular complexity index is 91.6. The summed E-state index contributed by atoms with van der Waals surface area (Å²) in [5.41, 5.74) is 0. The molecule has 0 aromatic rings. The van der Waals surface area contributed by atoms with Crippen molar-refractivity contribution in [1.29, 1.82) is 0 Å². The van der Waals surface area contributed by atoms with Gasteiger partial charge in [-0.15, -0.1) is 0 Å². The van der Waals surface area contributed by atoms with Gasteiger partial charge in [0, 0.05) is 13.2 Å². The highest BCUT2D eigenvalue weighted by Gasteiger charge is 2.17. The fraction of sp³-hybridized carbons (Fsp3) is 1.00. The smallest absolute Gasteiger partial charge is 0.0712 e. The van der Waals surface area contributed by atoms with Gasteiger partial charge in [0.25, 0.3) is 0 Å². The summed E-state index contributed by atoms with van der Waals surface area (Å²) in [7, 11) is 0. The van der Waals surface area contributed by atoms with Gasteiger partial charge in [0.1, 0.15) is 0 Å². The molecule has 3 heteroatoms. The van der Waals surface area contributed by atoms with Crippen molar-refractivity contribution in [3.63, 3.8) is 0 Å². The SMILES string of the molecule is C[C@H]1CC[C@@H](CNCl)OC1. The van der Waals surface area contributed by atoms with Gasteiger partial charge in [-0.3, -0.25) is 0 Å². The monoisotopic (exact) mass is 163 g/mol. The van der Waals surface area contributed by atoms with E-state index in [-0.39, 0.29) is 0 Å². The first-order chi connectivity index (χ1) is 4.83. The minimum atomic E-state index is 0.341. The Morgan fingerprint density at radius 1 is 1.60 bits per heavy atom. The lowest BCUT2D eigenvalue weighted by Crippen LogP contribution is -2.30. The summed E-state index contributed by atoms with van der Waals surface area (Å²) >= 11 is 5.34. The van der Waals surface area contributed by atoms with Crippen molar-refractivity contribution in [3.8, 4) is 0 Å². The van der Waals surface area contributed by atoms with Crippen LogP contribution in [0.5, 0.6) is 0 Å². The zero-order valence-electron chi connectivity index (χ0n) is 6.27. The van der Waals surface area contributed by atoms with Gasteiger partial charge < -0.3 is 4.74 Å². The highest BCUT2D eigenvalue weighted by atomic mass is 35.5. The minimum absolute atomic E-state index is 0.341. The molecule has 1 N–H and O–H groups in total. The Labute approximate surface area is 67.0 Å². The highest BCUT2D eigenvalue weighted by Crippen LogP contribution is 2.17. The van der Waals surface area contributed by atoms with E-state index < -0.39 is 0 Å². The normalized spacial score (nSPS) is 34.2. The molecule has 60 valence electrons. The van der Waals surface area contributed by atoms with Gasteiger partial charge in [0.2, 0.25) is 0 Å². The molecule has 0 aromatic heterocycles. The summed E-state index contributed by atoms with van der Waals surface area (Å²) < 4.78 is 5.48. The largest absolute Gasteiger partial charge is 0.377 e. The van der Waals surface area contributed by atoms with Gasteiger partial charge in [0.05, 0.1) is 6.10 Å². The lowest BCUT2D eigenvalue weighted by molar-refractivity contribution is -0.00701. The summed E-state index contributed by atoms with van der Waals surface area (Å²) in [6, 6.07) is 0. The Morgan fingerprint density at radius 3 is 2.90 bits per heavy atom. The van der Waals surface area contributed by atoms with E-state index in [2.05, 4.69) is 11.8 Å². The van der Waals surface area contributed by atoms with Gasteiger partial charge in [-0.25, -0.2) is 4.84 Å². The second-order valence-corrected chi connectivity index (χ2v) is 3.24. The van der Waals surface area contributed by atoms with Crippen molar-refractivity contribution in [1.82, 2.24) is 4.84 Å². The zero-order chi connectivity index (χ0) is 7.40. The van der Waals surface area contributed by atoms with Gasteiger partial charge in [-0.2, -0.15) is 0 Å². The standard InChI is InChI=1S/C7H14ClNO/c1-6-2-3-7(4-9-8)10-5-6/h6-7,9H,2-5H2,1H3/t6-,7-/m0/s1. The third kappa shape index (κ3) is 2.45. The zero-order valence-corrected chi connectivity index (χ0v) is 7.03. The van der Waals surface area contributed by atoms with Crippen molar-refractivity contribution < 1.29 is 4.74 Å². The van der Waals surface area contributed by atoms with E-state index in [1.807, 2.05) is 0 Å². The van der Waals surface area contributed by atoms with Crippen molar-refractivity contribution >= 4 is 11.8 Å². The van der Waals surface area contributed by atoms with Crippen LogP contribution in [0.2, 0.25) is 0 Å². The van der Waals surface area contributed by atoms with Gasteiger partial charge >= 0.3 is 0 Å². The number of rotatable bonds is 2. The van der Waals surface area contributed by atoms with Crippen molar-refractivity contribution in [2.75, 3.05) is 13.2 Å². The third-order valence-corrected chi connectivity index (χ3v) is 2.06. The fourth-order valence-electron chi connectivity index (χ4n) is 1.18. The number of nitrogens with one attached hydrogen (secondary N) is 1. The van der Waals surface area contributed by atoms with Crippen molar-refractivity contribution in [2.24, 2.45) is 5.92 Å². The summed E-state index contributed by atoms with van der Waals surface area (Å²) in [6.07, 6.45) is 2.75. The maximum Gasteiger partial charge on any atom is 0.0712 e. The van der Waals surface area contributed by atoms with Gasteiger partial charge in [-0.05, 0) is 30.5 Å². The second-order valence-electron chi connectivity index (χ2n) is 2.98. The highest BCUT2D eigenvalue weighted by molar-refractivity contribution is 6.13. The summed E-state index contributed by atoms with van der Waals surface area (Å²) in [6.45, 7) is 3.88. The Hall–Kier alpha value is 0.210. The van der Waals surface area contributed by atoms with Crippen molar-refractivity contribution in [2.45, 2.75) is 25.9 Å². The van der Waals surface area contributed by atoms with E-state index in [1.54, 1.807) is 0 Å². The van der Waals surface area contributed by atoms with E-state index in [4.69, 9.17) is 16.5 Å². The number of halogens is 1. The van der Waals surface area contributed by atoms with Crippen LogP contribution < -0.4 is 4.84 Å². The van der Waals surface area contributed by atoms with Gasteiger partial charge in [-0.1, -0.05) is 6.92 Å². The molecule has 10 heavy (non-hydrogen) atoms. The Balaban J connectivity index is 2.13. The molecule has 1 saturated heterocycles. The first kappa shape index (κ1) is 8.31. The van der Waals surface area contributed by atoms with Crippen LogP contribution in [0.1, 0.15) is 19.8 Å². The van der Waals surface area contributed by atoms with E-state index >= 15 is 0 Å². The number of hydrogen-bond donors (Lipinski definition) is 1. The second kappa shape index (κ2) is 4.16. The maximum atomic E-state index is 5.48. The van der Waals surface area contributed by atoms with Crippen LogP contribution in [0, 0.1) is 5.92 Å². The molecule has 0 aliphatic carbocycles. The van der Waals surface area contributed by atoms with Crippen LogP contribution in [0.15, 0.2) is 0 Å². The maximum absolute atomic E-state index is 5.48. The lowest BCUT2D eigenvalue weighted by Gasteiger charge is -2.26. The van der Waals surface area contributed by atoms with Crippen LogP contribution in [-0.2, 0) is 4.74 Å². The van der Waals surface area contributed by atoms with Crippen molar-refractivity contribution in [3.05, 3.63) is 0 Å². The molecule has 1 heterocycles. The molecule has 0 spiro atoms. The molecule has 1 aliphatic heterocycles. The lowest BCUT2D eigenvalue weighted by atomic mass is 10.0.